The summed E-state index contributed by atoms with van der Waals surface area (Å²) in [7, 11) is 0. The number of Topliss-reactive ketones (excluding diaryl/α,β-unsaturated/α-hetero) is 1. The van der Waals surface area contributed by atoms with E-state index in [-0.39, 0.29) is 22.9 Å². The quantitative estimate of drug-likeness (QED) is 0.333. The van der Waals surface area contributed by atoms with E-state index >= 15 is 0 Å². The summed E-state index contributed by atoms with van der Waals surface area (Å²) in [5.41, 5.74) is 6.67. The molecule has 37 heavy (non-hydrogen) atoms. The van der Waals surface area contributed by atoms with Gasteiger partial charge in [-0.05, 0) is 75.4 Å². The molecule has 0 bridgehead atoms. The zero-order chi connectivity index (χ0) is 26.7. The summed E-state index contributed by atoms with van der Waals surface area (Å²) >= 11 is 0. The number of benzene rings is 2. The lowest BCUT2D eigenvalue weighted by atomic mass is 9.97. The predicted octanol–water partition coefficient (Wildman–Crippen LogP) is 2.63. The number of hydrogen-bond donors (Lipinski definition) is 1. The van der Waals surface area contributed by atoms with Crippen molar-refractivity contribution < 1.29 is 31.1 Å². The van der Waals surface area contributed by atoms with Crippen molar-refractivity contribution >= 4 is 17.4 Å². The molecule has 2 rings (SSSR count). The summed E-state index contributed by atoms with van der Waals surface area (Å²) < 4.78 is 0.826. The molecular weight excluding hydrogens is 526 g/mol. The van der Waals surface area contributed by atoms with Crippen LogP contribution >= 0.6 is 0 Å². The molecule has 0 spiro atoms. The maximum absolute atomic E-state index is 13.2. The van der Waals surface area contributed by atoms with Gasteiger partial charge in [-0.1, -0.05) is 50.2 Å². The van der Waals surface area contributed by atoms with E-state index in [9.17, 15) is 9.59 Å². The van der Waals surface area contributed by atoms with Crippen LogP contribution in [0.4, 0.5) is 5.69 Å². The minimum Gasteiger partial charge on any atom is -1.00 e. The summed E-state index contributed by atoms with van der Waals surface area (Å²) in [4.78, 5) is 28.2. The molecule has 0 radical (unpaired) electrons. The average molecular weight is 575 g/mol. The minimum absolute atomic E-state index is 0. The van der Waals surface area contributed by atoms with Gasteiger partial charge >= 0.3 is 0 Å². The smallest absolute Gasteiger partial charge is 0.238 e. The van der Waals surface area contributed by atoms with Crippen LogP contribution in [0.5, 0.6) is 0 Å². The molecule has 0 fully saturated rings. The molecule has 6 heteroatoms. The minimum atomic E-state index is 0. The maximum Gasteiger partial charge on any atom is 0.238 e. The SMILES string of the molecule is CCC[N+](CC)(CCCN(CC)CC(=O)Nc1c(C)cccc1C)CC(=O)Cc1c(C)cccc1C.[Br-]. The number of rotatable bonds is 15. The second-order valence-electron chi connectivity index (χ2n) is 10.4. The lowest BCUT2D eigenvalue weighted by Crippen LogP contribution is -3.00. The molecule has 206 valence electrons. The van der Waals surface area contributed by atoms with E-state index in [1.165, 1.54) is 16.7 Å². The zero-order valence-corrected chi connectivity index (χ0v) is 25.7. The lowest BCUT2D eigenvalue weighted by molar-refractivity contribution is -0.919. The standard InChI is InChI=1S/C31H47N3O2.BrH/c1-8-19-34(10-3,23-28(35)21-29-24(4)14-11-15-25(29)5)20-13-18-33(9-2)22-30(36)32-31-26(6)16-12-17-27(31)7;/h11-12,14-17H,8-10,13,18-23H2,1-7H3;1H. The van der Waals surface area contributed by atoms with E-state index in [0.29, 0.717) is 25.3 Å². The van der Waals surface area contributed by atoms with Gasteiger partial charge in [-0.3, -0.25) is 14.5 Å². The molecule has 2 aromatic carbocycles. The molecule has 0 saturated carbocycles. The Bertz CT molecular complexity index is 983. The van der Waals surface area contributed by atoms with Crippen LogP contribution in [0.15, 0.2) is 36.4 Å². The maximum atomic E-state index is 13.2. The largest absolute Gasteiger partial charge is 1.00 e. The van der Waals surface area contributed by atoms with E-state index in [0.717, 1.165) is 66.9 Å². The molecular formula is C31H48BrN3O2. The Morgan fingerprint density at radius 1 is 0.865 bits per heavy atom. The Labute approximate surface area is 236 Å². The van der Waals surface area contributed by atoms with E-state index in [1.807, 2.05) is 32.0 Å². The van der Waals surface area contributed by atoms with E-state index in [1.54, 1.807) is 0 Å². The molecule has 2 aromatic rings. The van der Waals surface area contributed by atoms with Crippen molar-refractivity contribution in [2.24, 2.45) is 0 Å². The number of carbonyl (C=O) groups is 2. The fourth-order valence-corrected chi connectivity index (χ4v) is 5.30. The fourth-order valence-electron chi connectivity index (χ4n) is 5.30. The van der Waals surface area contributed by atoms with Gasteiger partial charge in [0, 0.05) is 25.1 Å². The normalized spacial score (nSPS) is 12.6. The van der Waals surface area contributed by atoms with Crippen molar-refractivity contribution in [2.45, 2.75) is 67.7 Å². The number of nitrogens with one attached hydrogen (secondary N) is 1. The number of halogens is 1. The number of ketones is 1. The number of carbonyl (C=O) groups excluding carboxylic acids is 2. The fraction of sp³-hybridized carbons (Fsp3) is 0.548. The third-order valence-corrected chi connectivity index (χ3v) is 7.57. The van der Waals surface area contributed by atoms with Crippen LogP contribution in [0, 0.1) is 27.7 Å². The Hall–Kier alpha value is -2.02. The number of nitrogens with zero attached hydrogens (tertiary/aromatic N) is 2. The van der Waals surface area contributed by atoms with Crippen LogP contribution in [0.1, 0.15) is 61.4 Å². The molecule has 0 aliphatic carbocycles. The van der Waals surface area contributed by atoms with E-state index in [4.69, 9.17) is 0 Å². The Morgan fingerprint density at radius 2 is 1.43 bits per heavy atom. The van der Waals surface area contributed by atoms with Crippen LogP contribution in [-0.4, -0.2) is 66.9 Å². The van der Waals surface area contributed by atoms with Gasteiger partial charge in [0.15, 0.2) is 5.78 Å². The van der Waals surface area contributed by atoms with Crippen molar-refractivity contribution in [3.05, 3.63) is 64.2 Å². The van der Waals surface area contributed by atoms with Crippen LogP contribution in [0.2, 0.25) is 0 Å². The summed E-state index contributed by atoms with van der Waals surface area (Å²) in [6.07, 6.45) is 2.54. The predicted molar refractivity (Wildman–Crippen MR) is 152 cm³/mol. The van der Waals surface area contributed by atoms with Crippen LogP contribution in [0.25, 0.3) is 0 Å². The van der Waals surface area contributed by atoms with E-state index < -0.39 is 0 Å². The number of likely N-dealkylation sites (N-methyl/N-ethyl adjacent to an activating group) is 2. The highest BCUT2D eigenvalue weighted by Crippen LogP contribution is 2.20. The molecule has 0 aliphatic heterocycles. The molecule has 1 unspecified atom stereocenters. The Morgan fingerprint density at radius 3 is 1.95 bits per heavy atom. The Kier molecular flexibility index (Phi) is 14.3. The number of para-hydroxylation sites is 1. The molecule has 0 aliphatic rings. The first-order chi connectivity index (χ1) is 17.1. The molecule has 0 saturated heterocycles. The van der Waals surface area contributed by atoms with Gasteiger partial charge in [0.25, 0.3) is 0 Å². The van der Waals surface area contributed by atoms with Gasteiger partial charge in [-0.15, -0.1) is 0 Å². The van der Waals surface area contributed by atoms with Gasteiger partial charge in [0.2, 0.25) is 5.91 Å². The average Bonchev–Trinajstić information content (AvgIpc) is 2.83. The third kappa shape index (κ3) is 9.99. The number of anilines is 1. The molecule has 5 nitrogen and oxygen atoms in total. The Balaban J connectivity index is 0.00000684. The summed E-state index contributed by atoms with van der Waals surface area (Å²) in [5.74, 6) is 0.353. The van der Waals surface area contributed by atoms with Crippen LogP contribution in [0.3, 0.4) is 0 Å². The first kappa shape index (κ1) is 33.0. The summed E-state index contributed by atoms with van der Waals surface area (Å²) in [6.45, 7) is 20.3. The van der Waals surface area contributed by atoms with Crippen molar-refractivity contribution in [1.29, 1.82) is 0 Å². The van der Waals surface area contributed by atoms with Gasteiger partial charge in [0.1, 0.15) is 6.54 Å². The van der Waals surface area contributed by atoms with Crippen LogP contribution < -0.4 is 22.3 Å². The van der Waals surface area contributed by atoms with Crippen molar-refractivity contribution in [2.75, 3.05) is 51.1 Å². The highest BCUT2D eigenvalue weighted by Gasteiger charge is 2.28. The highest BCUT2D eigenvalue weighted by atomic mass is 79.9. The second kappa shape index (κ2) is 16.1. The number of hydrogen-bond acceptors (Lipinski definition) is 3. The lowest BCUT2D eigenvalue weighted by Gasteiger charge is -2.38. The van der Waals surface area contributed by atoms with Crippen molar-refractivity contribution in [3.8, 4) is 0 Å². The highest BCUT2D eigenvalue weighted by molar-refractivity contribution is 5.93. The van der Waals surface area contributed by atoms with Gasteiger partial charge in [-0.2, -0.15) is 0 Å². The molecule has 1 N–H and O–H groups in total. The van der Waals surface area contributed by atoms with Crippen molar-refractivity contribution in [3.63, 3.8) is 0 Å². The zero-order valence-electron chi connectivity index (χ0n) is 24.1. The number of aryl methyl sites for hydroxylation is 4. The first-order valence-corrected chi connectivity index (χ1v) is 13.6. The third-order valence-electron chi connectivity index (χ3n) is 7.57. The number of quaternary nitrogens is 1. The topological polar surface area (TPSA) is 49.4 Å². The summed E-state index contributed by atoms with van der Waals surface area (Å²) in [5, 5.41) is 3.11. The van der Waals surface area contributed by atoms with Gasteiger partial charge in [-0.25, -0.2) is 0 Å². The van der Waals surface area contributed by atoms with Gasteiger partial charge in [0.05, 0.1) is 26.2 Å². The molecule has 0 aromatic heterocycles. The monoisotopic (exact) mass is 573 g/mol. The summed E-state index contributed by atoms with van der Waals surface area (Å²) in [6, 6.07) is 12.3. The van der Waals surface area contributed by atoms with Crippen molar-refractivity contribution in [1.82, 2.24) is 4.90 Å². The van der Waals surface area contributed by atoms with Crippen LogP contribution in [-0.2, 0) is 16.0 Å². The second-order valence-corrected chi connectivity index (χ2v) is 10.4. The number of amides is 1. The first-order valence-electron chi connectivity index (χ1n) is 13.6. The molecule has 0 heterocycles. The van der Waals surface area contributed by atoms with Gasteiger partial charge < -0.3 is 26.8 Å². The molecule has 1 atom stereocenters. The van der Waals surface area contributed by atoms with E-state index in [2.05, 4.69) is 63.0 Å². The molecule has 1 amide bonds.